The van der Waals surface area contributed by atoms with Crippen molar-refractivity contribution in [3.8, 4) is 0 Å². The van der Waals surface area contributed by atoms with Crippen LogP contribution in [0.4, 0.5) is 0 Å². The minimum absolute atomic E-state index is 0.444. The topological polar surface area (TPSA) is 12.4 Å². The zero-order valence-electron chi connectivity index (χ0n) is 4.06. The van der Waals surface area contributed by atoms with E-state index < -0.39 is 5.00 Å². The number of allylic oxidation sites excluding steroid dienone is 1. The van der Waals surface area contributed by atoms with Gasteiger partial charge in [-0.05, 0) is 19.1 Å². The Hall–Kier alpha value is -0.300. The molecule has 2 heteroatoms. The van der Waals surface area contributed by atoms with E-state index in [0.29, 0.717) is 0 Å². The second-order valence-corrected chi connectivity index (χ2v) is 2.43. The first-order valence-electron chi connectivity index (χ1n) is 2.13. The van der Waals surface area contributed by atoms with Gasteiger partial charge in [0.25, 0.3) is 0 Å². The third-order valence-corrected chi connectivity index (χ3v) is 1.04. The van der Waals surface area contributed by atoms with E-state index in [1.807, 2.05) is 19.1 Å². The van der Waals surface area contributed by atoms with Crippen LogP contribution in [0.2, 0.25) is 0 Å². The Kier molecular flexibility index (Phi) is 0.927. The molecule has 1 atom stereocenters. The zero-order valence-corrected chi connectivity index (χ0v) is 4.81. The SMILES string of the molecule is CC1(Cl)C=CC=N1. The fraction of sp³-hybridized carbons (Fsp3) is 0.400. The fourth-order valence-electron chi connectivity index (χ4n) is 0.450. The Morgan fingerprint density at radius 1 is 1.71 bits per heavy atom. The van der Waals surface area contributed by atoms with Crippen molar-refractivity contribution in [2.45, 2.75) is 11.9 Å². The van der Waals surface area contributed by atoms with Crippen molar-refractivity contribution in [1.82, 2.24) is 0 Å². The van der Waals surface area contributed by atoms with Gasteiger partial charge < -0.3 is 0 Å². The van der Waals surface area contributed by atoms with Crippen molar-refractivity contribution in [3.63, 3.8) is 0 Å². The first kappa shape index (κ1) is 4.85. The van der Waals surface area contributed by atoms with Crippen molar-refractivity contribution in [2.24, 2.45) is 4.99 Å². The second-order valence-electron chi connectivity index (χ2n) is 1.66. The molecule has 0 N–H and O–H groups in total. The van der Waals surface area contributed by atoms with Gasteiger partial charge in [-0.25, -0.2) is 0 Å². The number of halogens is 1. The highest BCUT2D eigenvalue weighted by atomic mass is 35.5. The highest BCUT2D eigenvalue weighted by molar-refractivity contribution is 6.26. The van der Waals surface area contributed by atoms with Crippen LogP contribution in [0.5, 0.6) is 0 Å². The van der Waals surface area contributed by atoms with Crippen LogP contribution in [0.3, 0.4) is 0 Å². The largest absolute Gasteiger partial charge is 0.267 e. The third kappa shape index (κ3) is 1.03. The summed E-state index contributed by atoms with van der Waals surface area (Å²) in [6.45, 7) is 1.84. The summed E-state index contributed by atoms with van der Waals surface area (Å²) in [6.07, 6.45) is 5.38. The summed E-state index contributed by atoms with van der Waals surface area (Å²) in [6, 6.07) is 0. The van der Waals surface area contributed by atoms with Crippen molar-refractivity contribution < 1.29 is 0 Å². The van der Waals surface area contributed by atoms with Gasteiger partial charge in [0, 0.05) is 6.21 Å². The first-order valence-corrected chi connectivity index (χ1v) is 2.50. The van der Waals surface area contributed by atoms with Crippen molar-refractivity contribution in [2.75, 3.05) is 0 Å². The Labute approximate surface area is 47.7 Å². The summed E-state index contributed by atoms with van der Waals surface area (Å²) >= 11 is 5.68. The van der Waals surface area contributed by atoms with Crippen LogP contribution in [0, 0.1) is 0 Å². The molecule has 0 radical (unpaired) electrons. The van der Waals surface area contributed by atoms with E-state index in [4.69, 9.17) is 11.6 Å². The van der Waals surface area contributed by atoms with Gasteiger partial charge in [0.05, 0.1) is 0 Å². The normalized spacial score (nSPS) is 37.4. The molecular weight excluding hydrogens is 110 g/mol. The molecule has 0 aliphatic carbocycles. The third-order valence-electron chi connectivity index (χ3n) is 0.813. The summed E-state index contributed by atoms with van der Waals surface area (Å²) in [5.74, 6) is 0. The molecule has 1 aliphatic heterocycles. The van der Waals surface area contributed by atoms with E-state index in [-0.39, 0.29) is 0 Å². The molecule has 0 spiro atoms. The molecule has 0 amide bonds. The lowest BCUT2D eigenvalue weighted by molar-refractivity contribution is 0.853. The molecule has 0 saturated carbocycles. The van der Waals surface area contributed by atoms with Crippen LogP contribution in [-0.4, -0.2) is 11.2 Å². The number of alkyl halides is 1. The Bertz CT molecular complexity index is 110. The minimum atomic E-state index is -0.444. The van der Waals surface area contributed by atoms with Crippen LogP contribution >= 0.6 is 11.6 Å². The number of rotatable bonds is 0. The molecule has 1 aliphatic rings. The zero-order chi connectivity index (χ0) is 5.33. The van der Waals surface area contributed by atoms with Gasteiger partial charge in [0.15, 0.2) is 0 Å². The van der Waals surface area contributed by atoms with Crippen molar-refractivity contribution in [3.05, 3.63) is 12.2 Å². The maximum Gasteiger partial charge on any atom is 0.149 e. The van der Waals surface area contributed by atoms with Gasteiger partial charge in [0.1, 0.15) is 5.00 Å². The lowest BCUT2D eigenvalue weighted by atomic mass is 10.3. The molecule has 1 rings (SSSR count). The quantitative estimate of drug-likeness (QED) is 0.336. The molecule has 0 aromatic carbocycles. The second kappa shape index (κ2) is 1.34. The van der Waals surface area contributed by atoms with Gasteiger partial charge >= 0.3 is 0 Å². The maximum absolute atomic E-state index is 5.68. The number of nitrogens with zero attached hydrogens (tertiary/aromatic N) is 1. The molecule has 0 aromatic heterocycles. The van der Waals surface area contributed by atoms with Crippen molar-refractivity contribution >= 4 is 17.8 Å². The summed E-state index contributed by atoms with van der Waals surface area (Å²) in [7, 11) is 0. The van der Waals surface area contributed by atoms with Gasteiger partial charge in [-0.3, -0.25) is 4.99 Å². The summed E-state index contributed by atoms with van der Waals surface area (Å²) < 4.78 is 0. The van der Waals surface area contributed by atoms with E-state index in [0.717, 1.165) is 0 Å². The average molecular weight is 116 g/mol. The minimum Gasteiger partial charge on any atom is -0.267 e. The molecular formula is C5H6ClN. The summed E-state index contributed by atoms with van der Waals surface area (Å²) in [4.78, 5) is 3.45. The van der Waals surface area contributed by atoms with E-state index >= 15 is 0 Å². The molecule has 0 aromatic rings. The first-order chi connectivity index (χ1) is 3.21. The Morgan fingerprint density at radius 3 is 2.57 bits per heavy atom. The summed E-state index contributed by atoms with van der Waals surface area (Å²) in [5, 5.41) is 0. The van der Waals surface area contributed by atoms with Gasteiger partial charge in [-0.15, -0.1) is 0 Å². The van der Waals surface area contributed by atoms with Crippen LogP contribution in [0.15, 0.2) is 17.1 Å². The smallest absolute Gasteiger partial charge is 0.149 e. The number of hydrogen-bond acceptors (Lipinski definition) is 1. The fourth-order valence-corrected chi connectivity index (χ4v) is 0.580. The van der Waals surface area contributed by atoms with E-state index in [1.165, 1.54) is 0 Å². The Balaban J connectivity index is 2.77. The van der Waals surface area contributed by atoms with Crippen LogP contribution in [0.1, 0.15) is 6.92 Å². The molecule has 7 heavy (non-hydrogen) atoms. The van der Waals surface area contributed by atoms with E-state index in [2.05, 4.69) is 4.99 Å². The lowest BCUT2D eigenvalue weighted by Crippen LogP contribution is -2.02. The molecule has 38 valence electrons. The monoisotopic (exact) mass is 115 g/mol. The molecule has 1 heterocycles. The van der Waals surface area contributed by atoms with Gasteiger partial charge in [-0.2, -0.15) is 0 Å². The molecule has 0 fully saturated rings. The Morgan fingerprint density at radius 2 is 2.43 bits per heavy atom. The summed E-state index contributed by atoms with van der Waals surface area (Å²) in [5.41, 5.74) is 0. The number of hydrogen-bond donors (Lipinski definition) is 0. The van der Waals surface area contributed by atoms with Crippen molar-refractivity contribution in [1.29, 1.82) is 0 Å². The number of aliphatic imine (C=N–C) groups is 1. The van der Waals surface area contributed by atoms with Crippen LogP contribution in [0.25, 0.3) is 0 Å². The lowest BCUT2D eigenvalue weighted by Gasteiger charge is -2.03. The van der Waals surface area contributed by atoms with Crippen LogP contribution < -0.4 is 0 Å². The maximum atomic E-state index is 5.68. The van der Waals surface area contributed by atoms with Crippen LogP contribution in [-0.2, 0) is 0 Å². The molecule has 1 unspecified atom stereocenters. The van der Waals surface area contributed by atoms with Gasteiger partial charge in [-0.1, -0.05) is 11.6 Å². The van der Waals surface area contributed by atoms with E-state index in [9.17, 15) is 0 Å². The highest BCUT2D eigenvalue weighted by Gasteiger charge is 2.14. The predicted molar refractivity (Wildman–Crippen MR) is 31.9 cm³/mol. The molecule has 1 nitrogen and oxygen atoms in total. The average Bonchev–Trinajstić information content (AvgIpc) is 1.84. The van der Waals surface area contributed by atoms with E-state index in [1.54, 1.807) is 6.21 Å². The highest BCUT2D eigenvalue weighted by Crippen LogP contribution is 2.19. The van der Waals surface area contributed by atoms with Gasteiger partial charge in [0.2, 0.25) is 0 Å². The predicted octanol–water partition coefficient (Wildman–Crippen LogP) is 1.58. The molecule has 0 bridgehead atoms. The molecule has 0 saturated heterocycles. The standard InChI is InChI=1S/C5H6ClN/c1-5(6)3-2-4-7-5/h2-4H,1H3.